The molecule has 2 heterocycles. The van der Waals surface area contributed by atoms with Crippen molar-refractivity contribution in [1.29, 1.82) is 0 Å². The summed E-state index contributed by atoms with van der Waals surface area (Å²) >= 11 is 0. The van der Waals surface area contributed by atoms with Crippen LogP contribution in [-0.2, 0) is 9.53 Å². The summed E-state index contributed by atoms with van der Waals surface area (Å²) < 4.78 is 5.83. The van der Waals surface area contributed by atoms with Gasteiger partial charge in [0.1, 0.15) is 0 Å². The number of rotatable bonds is 6. The minimum absolute atomic E-state index is 0.149. The molecule has 2 aliphatic heterocycles. The summed E-state index contributed by atoms with van der Waals surface area (Å²) in [7, 11) is 0. The molecule has 1 atom stereocenters. The summed E-state index contributed by atoms with van der Waals surface area (Å²) in [6, 6.07) is 17.0. The average molecular weight is 418 g/mol. The van der Waals surface area contributed by atoms with Gasteiger partial charge in [-0.1, -0.05) is 36.9 Å². The van der Waals surface area contributed by atoms with Crippen molar-refractivity contribution >= 4 is 23.0 Å². The lowest BCUT2D eigenvalue weighted by atomic mass is 10.0. The summed E-state index contributed by atoms with van der Waals surface area (Å²) in [4.78, 5) is 17.1. The molecule has 31 heavy (non-hydrogen) atoms. The quantitative estimate of drug-likeness (QED) is 0.741. The molecule has 3 fully saturated rings. The van der Waals surface area contributed by atoms with Crippen LogP contribution in [0.2, 0.25) is 0 Å². The Morgan fingerprint density at radius 3 is 2.55 bits per heavy atom. The first-order valence-corrected chi connectivity index (χ1v) is 11.5. The molecule has 2 saturated heterocycles. The Kier molecular flexibility index (Phi) is 5.68. The number of ether oxygens (including phenoxy) is 1. The fourth-order valence-electron chi connectivity index (χ4n) is 4.70. The molecule has 0 aromatic heterocycles. The van der Waals surface area contributed by atoms with Crippen molar-refractivity contribution in [3.05, 3.63) is 66.2 Å². The topological polar surface area (TPSA) is 44.8 Å². The molecular formula is C26H31N3O2. The maximum absolute atomic E-state index is 12.3. The molecule has 5 heteroatoms. The van der Waals surface area contributed by atoms with Gasteiger partial charge in [-0.15, -0.1) is 0 Å². The fourth-order valence-corrected chi connectivity index (χ4v) is 4.70. The van der Waals surface area contributed by atoms with Gasteiger partial charge < -0.3 is 19.9 Å². The zero-order chi connectivity index (χ0) is 21.2. The zero-order valence-corrected chi connectivity index (χ0v) is 18.1. The highest BCUT2D eigenvalue weighted by atomic mass is 16.5. The van der Waals surface area contributed by atoms with E-state index < -0.39 is 0 Å². The summed E-state index contributed by atoms with van der Waals surface area (Å²) in [5.74, 6) is 0.348. The van der Waals surface area contributed by atoms with Gasteiger partial charge in [-0.05, 0) is 49.4 Å². The predicted molar refractivity (Wildman–Crippen MR) is 125 cm³/mol. The summed E-state index contributed by atoms with van der Waals surface area (Å²) in [6.07, 6.45) is 4.43. The Morgan fingerprint density at radius 2 is 1.81 bits per heavy atom. The van der Waals surface area contributed by atoms with E-state index >= 15 is 0 Å². The van der Waals surface area contributed by atoms with Gasteiger partial charge in [-0.25, -0.2) is 0 Å². The number of carbonyl (C=O) groups is 1. The number of nitrogens with zero attached hydrogens (tertiary/aromatic N) is 2. The molecule has 0 bridgehead atoms. The molecule has 1 saturated carbocycles. The number of benzene rings is 2. The van der Waals surface area contributed by atoms with Gasteiger partial charge in [0.25, 0.3) is 0 Å². The van der Waals surface area contributed by atoms with Gasteiger partial charge in [-0.2, -0.15) is 0 Å². The highest BCUT2D eigenvalue weighted by molar-refractivity contribution is 5.95. The van der Waals surface area contributed by atoms with Crippen LogP contribution in [0.1, 0.15) is 42.9 Å². The maximum Gasteiger partial charge on any atom is 0.227 e. The molecule has 0 radical (unpaired) electrons. The van der Waals surface area contributed by atoms with Gasteiger partial charge in [0, 0.05) is 48.2 Å². The van der Waals surface area contributed by atoms with Crippen molar-refractivity contribution in [3.63, 3.8) is 0 Å². The van der Waals surface area contributed by atoms with Crippen molar-refractivity contribution in [1.82, 2.24) is 4.90 Å². The van der Waals surface area contributed by atoms with E-state index in [9.17, 15) is 4.79 Å². The highest BCUT2D eigenvalue weighted by Crippen LogP contribution is 2.38. The SMILES string of the molecule is C=C(c1ccc(NC(=O)C2CC2)cc1N1CCCC1)N1CCOCC1c1ccccc1. The summed E-state index contributed by atoms with van der Waals surface area (Å²) in [6.45, 7) is 8.82. The van der Waals surface area contributed by atoms with Crippen LogP contribution in [0.15, 0.2) is 55.1 Å². The van der Waals surface area contributed by atoms with Gasteiger partial charge in [0.05, 0.1) is 19.3 Å². The molecule has 162 valence electrons. The second kappa shape index (κ2) is 8.75. The molecule has 1 aliphatic carbocycles. The van der Waals surface area contributed by atoms with Crippen molar-refractivity contribution in [2.24, 2.45) is 5.92 Å². The summed E-state index contributed by atoms with van der Waals surface area (Å²) in [5, 5.41) is 3.12. The lowest BCUT2D eigenvalue weighted by Gasteiger charge is -2.40. The molecule has 1 unspecified atom stereocenters. The van der Waals surface area contributed by atoms with Gasteiger partial charge in [0.2, 0.25) is 5.91 Å². The Hall–Kier alpha value is -2.79. The smallest absolute Gasteiger partial charge is 0.227 e. The van der Waals surface area contributed by atoms with Crippen LogP contribution >= 0.6 is 0 Å². The Labute approximate surface area is 184 Å². The zero-order valence-electron chi connectivity index (χ0n) is 18.1. The van der Waals surface area contributed by atoms with Crippen LogP contribution in [0.3, 0.4) is 0 Å². The standard InChI is InChI=1S/C26H31N3O2/c1-19(29-15-16-31-18-25(29)20-7-3-2-4-8-20)23-12-11-22(27-26(30)21-9-10-21)17-24(23)28-13-5-6-14-28/h2-4,7-8,11-12,17,21,25H,1,5-6,9-10,13-16,18H2,(H,27,30). The van der Waals surface area contributed by atoms with Gasteiger partial charge >= 0.3 is 0 Å². The van der Waals surface area contributed by atoms with E-state index in [0.717, 1.165) is 49.4 Å². The molecule has 5 rings (SSSR count). The Morgan fingerprint density at radius 1 is 1.03 bits per heavy atom. The van der Waals surface area contributed by atoms with E-state index in [1.54, 1.807) is 0 Å². The van der Waals surface area contributed by atoms with Crippen LogP contribution in [0.4, 0.5) is 11.4 Å². The fraction of sp³-hybridized carbons (Fsp3) is 0.423. The van der Waals surface area contributed by atoms with Crippen molar-refractivity contribution in [3.8, 4) is 0 Å². The van der Waals surface area contributed by atoms with Gasteiger partial charge in [-0.3, -0.25) is 4.79 Å². The minimum atomic E-state index is 0.149. The van der Waals surface area contributed by atoms with E-state index in [-0.39, 0.29) is 17.9 Å². The van der Waals surface area contributed by atoms with Crippen molar-refractivity contribution < 1.29 is 9.53 Å². The molecule has 0 spiro atoms. The highest BCUT2D eigenvalue weighted by Gasteiger charge is 2.31. The van der Waals surface area contributed by atoms with E-state index in [4.69, 9.17) is 4.74 Å². The first kappa shape index (κ1) is 20.1. The molecule has 2 aromatic rings. The van der Waals surface area contributed by atoms with E-state index in [1.807, 2.05) is 12.1 Å². The summed E-state index contributed by atoms with van der Waals surface area (Å²) in [5.41, 5.74) is 5.49. The van der Waals surface area contributed by atoms with Crippen LogP contribution in [-0.4, -0.2) is 43.7 Å². The Balaban J connectivity index is 1.45. The number of anilines is 2. The number of amides is 1. The van der Waals surface area contributed by atoms with Crippen LogP contribution in [0.25, 0.3) is 5.70 Å². The van der Waals surface area contributed by atoms with E-state index in [2.05, 4.69) is 58.1 Å². The molecule has 1 amide bonds. The first-order chi connectivity index (χ1) is 15.2. The second-order valence-corrected chi connectivity index (χ2v) is 8.83. The molecule has 5 nitrogen and oxygen atoms in total. The molecular weight excluding hydrogens is 386 g/mol. The van der Waals surface area contributed by atoms with E-state index in [0.29, 0.717) is 13.2 Å². The third-order valence-electron chi connectivity index (χ3n) is 6.63. The molecule has 1 N–H and O–H groups in total. The number of hydrogen-bond acceptors (Lipinski definition) is 4. The third kappa shape index (κ3) is 4.33. The lowest BCUT2D eigenvalue weighted by molar-refractivity contribution is -0.117. The average Bonchev–Trinajstić information content (AvgIpc) is 3.53. The first-order valence-electron chi connectivity index (χ1n) is 11.5. The maximum atomic E-state index is 12.3. The predicted octanol–water partition coefficient (Wildman–Crippen LogP) is 4.68. The van der Waals surface area contributed by atoms with Gasteiger partial charge in [0.15, 0.2) is 0 Å². The normalized spacial score (nSPS) is 21.2. The number of morpholine rings is 1. The van der Waals surface area contributed by atoms with Crippen molar-refractivity contribution in [2.45, 2.75) is 31.7 Å². The molecule has 2 aromatic carbocycles. The number of carbonyl (C=O) groups excluding carboxylic acids is 1. The van der Waals surface area contributed by atoms with E-state index in [1.165, 1.54) is 24.1 Å². The number of hydrogen-bond donors (Lipinski definition) is 1. The van der Waals surface area contributed by atoms with Crippen LogP contribution < -0.4 is 10.2 Å². The van der Waals surface area contributed by atoms with Crippen LogP contribution in [0.5, 0.6) is 0 Å². The largest absolute Gasteiger partial charge is 0.377 e. The monoisotopic (exact) mass is 417 g/mol. The Bertz CT molecular complexity index is 948. The van der Waals surface area contributed by atoms with Crippen LogP contribution in [0, 0.1) is 5.92 Å². The number of nitrogens with one attached hydrogen (secondary N) is 1. The minimum Gasteiger partial charge on any atom is -0.377 e. The van der Waals surface area contributed by atoms with Crippen molar-refractivity contribution in [2.75, 3.05) is 43.1 Å². The molecule has 3 aliphatic rings. The lowest BCUT2D eigenvalue weighted by Crippen LogP contribution is -2.38. The third-order valence-corrected chi connectivity index (χ3v) is 6.63. The second-order valence-electron chi connectivity index (χ2n) is 8.83.